The van der Waals surface area contributed by atoms with E-state index in [4.69, 9.17) is 10.2 Å². The molecule has 96 valence electrons. The minimum absolute atomic E-state index is 0.293. The lowest BCUT2D eigenvalue weighted by atomic mass is 9.97. The molecule has 5 nitrogen and oxygen atoms in total. The Morgan fingerprint density at radius 3 is 2.00 bits per heavy atom. The highest BCUT2D eigenvalue weighted by atomic mass is 16.4. The van der Waals surface area contributed by atoms with E-state index in [2.05, 4.69) is 0 Å². The van der Waals surface area contributed by atoms with Gasteiger partial charge in [-0.3, -0.25) is 14.5 Å². The molecule has 5 heteroatoms. The molecule has 0 aliphatic carbocycles. The number of hydrogen-bond acceptors (Lipinski definition) is 3. The molecule has 0 radical (unpaired) electrons. The standard InChI is InChI=1S/C13H15NO4/c15-12(16)10-7-14(8-11(10)13(17)18)6-9-4-2-1-3-5-9/h1-5,10-11H,6-8H2,(H,15,16)(H,17,18)/t10-,11-/m1/s1. The SMILES string of the molecule is O=C(O)[C@@H]1CN(Cc2ccccc2)C[C@H]1C(=O)O. The molecule has 1 saturated heterocycles. The van der Waals surface area contributed by atoms with Crippen LogP contribution in [-0.2, 0) is 16.1 Å². The summed E-state index contributed by atoms with van der Waals surface area (Å²) in [6.45, 7) is 1.18. The van der Waals surface area contributed by atoms with Crippen molar-refractivity contribution in [3.8, 4) is 0 Å². The summed E-state index contributed by atoms with van der Waals surface area (Å²) < 4.78 is 0. The van der Waals surface area contributed by atoms with E-state index in [-0.39, 0.29) is 0 Å². The van der Waals surface area contributed by atoms with Gasteiger partial charge in [0.05, 0.1) is 11.8 Å². The molecule has 0 unspecified atom stereocenters. The van der Waals surface area contributed by atoms with E-state index in [1.165, 1.54) is 0 Å². The molecule has 2 atom stereocenters. The first-order valence-corrected chi connectivity index (χ1v) is 5.80. The van der Waals surface area contributed by atoms with Gasteiger partial charge in [0.1, 0.15) is 0 Å². The number of carboxylic acids is 2. The van der Waals surface area contributed by atoms with Crippen molar-refractivity contribution in [3.05, 3.63) is 35.9 Å². The third-order valence-corrected chi connectivity index (χ3v) is 3.28. The summed E-state index contributed by atoms with van der Waals surface area (Å²) in [6.07, 6.45) is 0. The molecule has 1 aromatic carbocycles. The Hall–Kier alpha value is -1.88. The van der Waals surface area contributed by atoms with Crippen LogP contribution in [0.2, 0.25) is 0 Å². The Kier molecular flexibility index (Phi) is 3.62. The number of rotatable bonds is 4. The Morgan fingerprint density at radius 1 is 1.06 bits per heavy atom. The fourth-order valence-corrected chi connectivity index (χ4v) is 2.36. The molecule has 2 N–H and O–H groups in total. The summed E-state index contributed by atoms with van der Waals surface area (Å²) in [5.74, 6) is -3.69. The quantitative estimate of drug-likeness (QED) is 0.829. The predicted molar refractivity (Wildman–Crippen MR) is 64.0 cm³/mol. The second-order valence-electron chi connectivity index (χ2n) is 4.57. The largest absolute Gasteiger partial charge is 0.481 e. The molecule has 0 saturated carbocycles. The number of carboxylic acid groups (broad SMARTS) is 2. The Bertz CT molecular complexity index is 424. The van der Waals surface area contributed by atoms with E-state index in [9.17, 15) is 9.59 Å². The molecule has 1 aromatic rings. The van der Waals surface area contributed by atoms with Crippen LogP contribution in [0.1, 0.15) is 5.56 Å². The molecule has 2 rings (SSSR count). The summed E-state index contributed by atoms with van der Waals surface area (Å²) in [4.78, 5) is 23.9. The predicted octanol–water partition coefficient (Wildman–Crippen LogP) is 0.904. The summed E-state index contributed by atoms with van der Waals surface area (Å²) in [6, 6.07) is 9.63. The maximum absolute atomic E-state index is 11.0. The minimum atomic E-state index is -1.03. The number of nitrogens with zero attached hydrogens (tertiary/aromatic N) is 1. The van der Waals surface area contributed by atoms with Crippen LogP contribution < -0.4 is 0 Å². The van der Waals surface area contributed by atoms with Gasteiger partial charge in [-0.25, -0.2) is 0 Å². The second kappa shape index (κ2) is 5.18. The lowest BCUT2D eigenvalue weighted by Gasteiger charge is -2.14. The maximum Gasteiger partial charge on any atom is 0.308 e. The lowest BCUT2D eigenvalue weighted by Crippen LogP contribution is -2.28. The monoisotopic (exact) mass is 249 g/mol. The number of hydrogen-bond donors (Lipinski definition) is 2. The molecule has 1 aliphatic rings. The van der Waals surface area contributed by atoms with Gasteiger partial charge in [0.2, 0.25) is 0 Å². The van der Waals surface area contributed by atoms with Crippen LogP contribution in [0, 0.1) is 11.8 Å². The van der Waals surface area contributed by atoms with Crippen molar-refractivity contribution in [1.29, 1.82) is 0 Å². The van der Waals surface area contributed by atoms with E-state index in [1.807, 2.05) is 35.2 Å². The van der Waals surface area contributed by atoms with Crippen molar-refractivity contribution in [1.82, 2.24) is 4.90 Å². The molecule has 0 spiro atoms. The maximum atomic E-state index is 11.0. The van der Waals surface area contributed by atoms with Gasteiger partial charge in [-0.05, 0) is 5.56 Å². The van der Waals surface area contributed by atoms with E-state index < -0.39 is 23.8 Å². The van der Waals surface area contributed by atoms with Crippen molar-refractivity contribution in [3.63, 3.8) is 0 Å². The van der Waals surface area contributed by atoms with Crippen LogP contribution >= 0.6 is 0 Å². The zero-order valence-electron chi connectivity index (χ0n) is 9.82. The highest BCUT2D eigenvalue weighted by molar-refractivity contribution is 5.81. The fourth-order valence-electron chi connectivity index (χ4n) is 2.36. The van der Waals surface area contributed by atoms with Crippen molar-refractivity contribution in [2.75, 3.05) is 13.1 Å². The Balaban J connectivity index is 2.05. The van der Waals surface area contributed by atoms with Crippen LogP contribution in [0.3, 0.4) is 0 Å². The highest BCUT2D eigenvalue weighted by Crippen LogP contribution is 2.25. The van der Waals surface area contributed by atoms with E-state index in [1.54, 1.807) is 0 Å². The fraction of sp³-hybridized carbons (Fsp3) is 0.385. The molecular formula is C13H15NO4. The second-order valence-corrected chi connectivity index (χ2v) is 4.57. The van der Waals surface area contributed by atoms with Crippen LogP contribution in [0.15, 0.2) is 30.3 Å². The zero-order valence-corrected chi connectivity index (χ0v) is 9.82. The van der Waals surface area contributed by atoms with Crippen LogP contribution in [-0.4, -0.2) is 40.1 Å². The normalized spacial score (nSPS) is 24.0. The van der Waals surface area contributed by atoms with Gasteiger partial charge < -0.3 is 10.2 Å². The van der Waals surface area contributed by atoms with Crippen LogP contribution in [0.25, 0.3) is 0 Å². The number of carbonyl (C=O) groups is 2. The highest BCUT2D eigenvalue weighted by Gasteiger charge is 2.41. The van der Waals surface area contributed by atoms with Crippen LogP contribution in [0.4, 0.5) is 0 Å². The Labute approximate surface area is 105 Å². The third-order valence-electron chi connectivity index (χ3n) is 3.28. The van der Waals surface area contributed by atoms with E-state index >= 15 is 0 Å². The average Bonchev–Trinajstić information content (AvgIpc) is 2.74. The number of benzene rings is 1. The van der Waals surface area contributed by atoms with E-state index in [0.29, 0.717) is 19.6 Å². The van der Waals surface area contributed by atoms with Gasteiger partial charge in [-0.15, -0.1) is 0 Å². The Morgan fingerprint density at radius 2 is 1.56 bits per heavy atom. The molecule has 1 aliphatic heterocycles. The smallest absolute Gasteiger partial charge is 0.308 e. The van der Waals surface area contributed by atoms with Crippen molar-refractivity contribution < 1.29 is 19.8 Å². The summed E-state index contributed by atoms with van der Waals surface area (Å²) in [5, 5.41) is 18.1. The molecular weight excluding hydrogens is 234 g/mol. The zero-order chi connectivity index (χ0) is 13.1. The number of aliphatic carboxylic acids is 2. The van der Waals surface area contributed by atoms with E-state index in [0.717, 1.165) is 5.56 Å². The van der Waals surface area contributed by atoms with Crippen molar-refractivity contribution >= 4 is 11.9 Å². The first-order chi connectivity index (χ1) is 8.58. The van der Waals surface area contributed by atoms with Gasteiger partial charge in [-0.1, -0.05) is 30.3 Å². The van der Waals surface area contributed by atoms with Gasteiger partial charge in [0, 0.05) is 19.6 Å². The first kappa shape index (κ1) is 12.6. The molecule has 0 bridgehead atoms. The first-order valence-electron chi connectivity index (χ1n) is 5.80. The molecule has 1 fully saturated rings. The summed E-state index contributed by atoms with van der Waals surface area (Å²) in [5.41, 5.74) is 1.06. The lowest BCUT2D eigenvalue weighted by molar-refractivity contribution is -0.151. The average molecular weight is 249 g/mol. The van der Waals surface area contributed by atoms with Crippen molar-refractivity contribution in [2.24, 2.45) is 11.8 Å². The molecule has 0 amide bonds. The van der Waals surface area contributed by atoms with Gasteiger partial charge >= 0.3 is 11.9 Å². The molecule has 1 heterocycles. The third kappa shape index (κ3) is 2.68. The number of likely N-dealkylation sites (tertiary alicyclic amines) is 1. The van der Waals surface area contributed by atoms with Gasteiger partial charge in [0.15, 0.2) is 0 Å². The van der Waals surface area contributed by atoms with Crippen LogP contribution in [0.5, 0.6) is 0 Å². The molecule has 0 aromatic heterocycles. The summed E-state index contributed by atoms with van der Waals surface area (Å²) >= 11 is 0. The summed E-state index contributed by atoms with van der Waals surface area (Å²) in [7, 11) is 0. The van der Waals surface area contributed by atoms with Gasteiger partial charge in [-0.2, -0.15) is 0 Å². The van der Waals surface area contributed by atoms with Gasteiger partial charge in [0.25, 0.3) is 0 Å². The minimum Gasteiger partial charge on any atom is -0.481 e. The molecule has 18 heavy (non-hydrogen) atoms. The topological polar surface area (TPSA) is 77.8 Å². The van der Waals surface area contributed by atoms with Crippen molar-refractivity contribution in [2.45, 2.75) is 6.54 Å².